The summed E-state index contributed by atoms with van der Waals surface area (Å²) in [6.07, 6.45) is 1.31. The van der Waals surface area contributed by atoms with Crippen LogP contribution in [0.25, 0.3) is 6.08 Å². The lowest BCUT2D eigenvalue weighted by molar-refractivity contribution is -0.122. The minimum Gasteiger partial charge on any atom is -0.497 e. The van der Waals surface area contributed by atoms with Crippen molar-refractivity contribution in [2.24, 2.45) is 0 Å². The van der Waals surface area contributed by atoms with E-state index in [9.17, 15) is 14.4 Å². The van der Waals surface area contributed by atoms with Crippen LogP contribution >= 0.6 is 0 Å². The first-order chi connectivity index (χ1) is 11.5. The second-order valence-corrected chi connectivity index (χ2v) is 5.11. The number of barbiturate groups is 1. The number of carbonyl (C=O) groups excluding carboxylic acids is 3. The van der Waals surface area contributed by atoms with E-state index in [0.29, 0.717) is 23.0 Å². The summed E-state index contributed by atoms with van der Waals surface area (Å²) >= 11 is 0. The van der Waals surface area contributed by atoms with Crippen molar-refractivity contribution < 1.29 is 23.5 Å². The van der Waals surface area contributed by atoms with Gasteiger partial charge >= 0.3 is 6.03 Å². The van der Waals surface area contributed by atoms with Crippen molar-refractivity contribution in [3.05, 3.63) is 53.5 Å². The summed E-state index contributed by atoms with van der Waals surface area (Å²) in [6.45, 7) is 1.75. The van der Waals surface area contributed by atoms with Crippen LogP contribution in [0.3, 0.4) is 0 Å². The third-order valence-electron chi connectivity index (χ3n) is 3.46. The number of imide groups is 2. The van der Waals surface area contributed by atoms with Gasteiger partial charge in [-0.1, -0.05) is 6.07 Å². The summed E-state index contributed by atoms with van der Waals surface area (Å²) in [5.41, 5.74) is 0.109. The molecular formula is C17H14N2O5. The quantitative estimate of drug-likeness (QED) is 0.690. The Bertz CT molecular complexity index is 865. The number of methoxy groups -OCH3 is 1. The molecule has 1 aromatic heterocycles. The zero-order valence-corrected chi connectivity index (χ0v) is 13.0. The van der Waals surface area contributed by atoms with Crippen LogP contribution in [-0.4, -0.2) is 25.0 Å². The second-order valence-electron chi connectivity index (χ2n) is 5.11. The molecule has 24 heavy (non-hydrogen) atoms. The van der Waals surface area contributed by atoms with Gasteiger partial charge in [0.05, 0.1) is 12.8 Å². The predicted molar refractivity (Wildman–Crippen MR) is 85.4 cm³/mol. The Hall–Kier alpha value is -3.35. The number of furan rings is 1. The molecule has 4 amide bonds. The number of nitrogens with one attached hydrogen (secondary N) is 1. The summed E-state index contributed by atoms with van der Waals surface area (Å²) in [7, 11) is 1.48. The summed E-state index contributed by atoms with van der Waals surface area (Å²) in [4.78, 5) is 37.6. The van der Waals surface area contributed by atoms with Crippen LogP contribution in [0.1, 0.15) is 11.5 Å². The molecule has 7 heteroatoms. The van der Waals surface area contributed by atoms with E-state index in [1.54, 1.807) is 37.3 Å². The van der Waals surface area contributed by atoms with Gasteiger partial charge in [-0.3, -0.25) is 14.9 Å². The Balaban J connectivity index is 2.01. The van der Waals surface area contributed by atoms with E-state index >= 15 is 0 Å². The lowest BCUT2D eigenvalue weighted by Crippen LogP contribution is -2.54. The summed E-state index contributed by atoms with van der Waals surface area (Å²) in [5, 5.41) is 2.15. The van der Waals surface area contributed by atoms with Crippen molar-refractivity contribution in [1.29, 1.82) is 0 Å². The van der Waals surface area contributed by atoms with Crippen LogP contribution in [0.2, 0.25) is 0 Å². The fourth-order valence-corrected chi connectivity index (χ4v) is 2.31. The molecule has 3 rings (SSSR count). The maximum Gasteiger partial charge on any atom is 0.335 e. The molecule has 0 bridgehead atoms. The van der Waals surface area contributed by atoms with Gasteiger partial charge in [0.2, 0.25) is 0 Å². The van der Waals surface area contributed by atoms with Crippen molar-refractivity contribution in [3.63, 3.8) is 0 Å². The normalized spacial score (nSPS) is 16.5. The molecular weight excluding hydrogens is 312 g/mol. The molecule has 1 fully saturated rings. The van der Waals surface area contributed by atoms with E-state index in [2.05, 4.69) is 5.32 Å². The largest absolute Gasteiger partial charge is 0.497 e. The van der Waals surface area contributed by atoms with Gasteiger partial charge in [0.15, 0.2) is 0 Å². The molecule has 1 saturated heterocycles. The Kier molecular flexibility index (Phi) is 3.91. The molecule has 1 N–H and O–H groups in total. The second kappa shape index (κ2) is 6.04. The Labute approximate surface area is 137 Å². The monoisotopic (exact) mass is 326 g/mol. The SMILES string of the molecule is COc1cccc(N2C(=O)NC(=O)C(=Cc3ccc(C)o3)C2=O)c1. The number of rotatable bonds is 3. The van der Waals surface area contributed by atoms with Crippen LogP contribution in [0.15, 0.2) is 46.4 Å². The molecule has 0 spiro atoms. The first-order valence-corrected chi connectivity index (χ1v) is 7.11. The van der Waals surface area contributed by atoms with Gasteiger partial charge in [-0.15, -0.1) is 0 Å². The zero-order chi connectivity index (χ0) is 17.3. The Morgan fingerprint density at radius 2 is 1.96 bits per heavy atom. The van der Waals surface area contributed by atoms with Gasteiger partial charge in [0.1, 0.15) is 22.8 Å². The van der Waals surface area contributed by atoms with E-state index in [1.165, 1.54) is 19.3 Å². The fraction of sp³-hybridized carbons (Fsp3) is 0.118. The van der Waals surface area contributed by atoms with E-state index < -0.39 is 17.8 Å². The van der Waals surface area contributed by atoms with Crippen LogP contribution in [0, 0.1) is 6.92 Å². The number of ether oxygens (including phenoxy) is 1. The van der Waals surface area contributed by atoms with Gasteiger partial charge in [0, 0.05) is 6.07 Å². The maximum atomic E-state index is 12.7. The van der Waals surface area contributed by atoms with E-state index in [-0.39, 0.29) is 5.57 Å². The number of anilines is 1. The van der Waals surface area contributed by atoms with Gasteiger partial charge in [-0.25, -0.2) is 9.69 Å². The number of urea groups is 1. The van der Waals surface area contributed by atoms with Crippen molar-refractivity contribution in [3.8, 4) is 5.75 Å². The van der Waals surface area contributed by atoms with Gasteiger partial charge in [0.25, 0.3) is 11.8 Å². The number of carbonyl (C=O) groups is 3. The van der Waals surface area contributed by atoms with Crippen LogP contribution in [-0.2, 0) is 9.59 Å². The third kappa shape index (κ3) is 2.79. The minimum absolute atomic E-state index is 0.188. The van der Waals surface area contributed by atoms with Gasteiger partial charge < -0.3 is 9.15 Å². The molecule has 7 nitrogen and oxygen atoms in total. The highest BCUT2D eigenvalue weighted by Gasteiger charge is 2.37. The number of amides is 4. The number of nitrogens with zero attached hydrogens (tertiary/aromatic N) is 1. The van der Waals surface area contributed by atoms with E-state index in [0.717, 1.165) is 4.90 Å². The molecule has 0 unspecified atom stereocenters. The fourth-order valence-electron chi connectivity index (χ4n) is 2.31. The molecule has 122 valence electrons. The highest BCUT2D eigenvalue weighted by atomic mass is 16.5. The highest BCUT2D eigenvalue weighted by Crippen LogP contribution is 2.25. The van der Waals surface area contributed by atoms with Gasteiger partial charge in [-0.2, -0.15) is 0 Å². The first kappa shape index (κ1) is 15.5. The van der Waals surface area contributed by atoms with Crippen molar-refractivity contribution in [2.75, 3.05) is 12.0 Å². The standard InChI is InChI=1S/C17H14N2O5/c1-10-6-7-13(24-10)9-14-15(20)18-17(22)19(16(14)21)11-4-3-5-12(8-11)23-2/h3-9H,1-2H3,(H,18,20,22). The number of aryl methyl sites for hydroxylation is 1. The third-order valence-corrected chi connectivity index (χ3v) is 3.46. The Morgan fingerprint density at radius 1 is 1.17 bits per heavy atom. The highest BCUT2D eigenvalue weighted by molar-refractivity contribution is 6.39. The van der Waals surface area contributed by atoms with Crippen LogP contribution in [0.4, 0.5) is 10.5 Å². The molecule has 0 radical (unpaired) electrons. The average molecular weight is 326 g/mol. The summed E-state index contributed by atoms with van der Waals surface area (Å²) in [6, 6.07) is 8.96. The van der Waals surface area contributed by atoms with Gasteiger partial charge in [-0.05, 0) is 37.3 Å². The number of benzene rings is 1. The molecule has 0 aliphatic carbocycles. The molecule has 0 atom stereocenters. The van der Waals surface area contributed by atoms with Crippen molar-refractivity contribution >= 4 is 29.6 Å². The van der Waals surface area contributed by atoms with E-state index in [4.69, 9.17) is 9.15 Å². The lowest BCUT2D eigenvalue weighted by atomic mass is 10.1. The molecule has 2 aromatic rings. The first-order valence-electron chi connectivity index (χ1n) is 7.11. The zero-order valence-electron chi connectivity index (χ0n) is 13.0. The molecule has 1 aliphatic heterocycles. The summed E-state index contributed by atoms with van der Waals surface area (Å²) < 4.78 is 10.5. The number of hydrogen-bond acceptors (Lipinski definition) is 5. The minimum atomic E-state index is -0.814. The molecule has 2 heterocycles. The molecule has 1 aliphatic rings. The molecule has 1 aromatic carbocycles. The average Bonchev–Trinajstić information content (AvgIpc) is 2.96. The lowest BCUT2D eigenvalue weighted by Gasteiger charge is -2.26. The van der Waals surface area contributed by atoms with Crippen LogP contribution < -0.4 is 15.0 Å². The molecule has 0 saturated carbocycles. The Morgan fingerprint density at radius 3 is 2.62 bits per heavy atom. The van der Waals surface area contributed by atoms with Crippen molar-refractivity contribution in [2.45, 2.75) is 6.92 Å². The van der Waals surface area contributed by atoms with Crippen molar-refractivity contribution in [1.82, 2.24) is 5.32 Å². The van der Waals surface area contributed by atoms with E-state index in [1.807, 2.05) is 0 Å². The smallest absolute Gasteiger partial charge is 0.335 e. The predicted octanol–water partition coefficient (Wildman–Crippen LogP) is 2.26. The maximum absolute atomic E-state index is 12.7. The summed E-state index contributed by atoms with van der Waals surface area (Å²) in [5.74, 6) is -0.0152. The topological polar surface area (TPSA) is 88.8 Å². The number of hydrogen-bond donors (Lipinski definition) is 1. The van der Waals surface area contributed by atoms with Crippen LogP contribution in [0.5, 0.6) is 5.75 Å².